The molecule has 0 fully saturated rings. The Morgan fingerprint density at radius 2 is 2.18 bits per heavy atom. The molecule has 0 bridgehead atoms. The van der Waals surface area contributed by atoms with Gasteiger partial charge in [-0.2, -0.15) is 4.98 Å². The van der Waals surface area contributed by atoms with Crippen molar-refractivity contribution in [3.05, 3.63) is 11.8 Å². The van der Waals surface area contributed by atoms with E-state index >= 15 is 0 Å². The van der Waals surface area contributed by atoms with Crippen molar-refractivity contribution >= 4 is 11.8 Å². The van der Waals surface area contributed by atoms with E-state index in [1.54, 1.807) is 7.11 Å². The maximum atomic E-state index is 5.19. The fraction of sp³-hybridized carbons (Fsp3) is 0.667. The van der Waals surface area contributed by atoms with Crippen molar-refractivity contribution in [2.45, 2.75) is 32.7 Å². The molecule has 0 radical (unpaired) electrons. The minimum Gasteiger partial charge on any atom is -0.383 e. The maximum absolute atomic E-state index is 5.19. The fourth-order valence-corrected chi connectivity index (χ4v) is 1.71. The van der Waals surface area contributed by atoms with Crippen LogP contribution in [0, 0.1) is 6.92 Å². The Hall–Kier alpha value is -1.36. The van der Waals surface area contributed by atoms with E-state index in [1.165, 1.54) is 0 Å². The lowest BCUT2D eigenvalue weighted by molar-refractivity contribution is 0.182. The van der Waals surface area contributed by atoms with Gasteiger partial charge in [-0.3, -0.25) is 0 Å². The van der Waals surface area contributed by atoms with Crippen LogP contribution < -0.4 is 10.6 Å². The van der Waals surface area contributed by atoms with Gasteiger partial charge in [0.25, 0.3) is 0 Å². The molecule has 1 rings (SSSR count). The molecule has 5 nitrogen and oxygen atoms in total. The molecule has 0 aliphatic rings. The van der Waals surface area contributed by atoms with Gasteiger partial charge in [0, 0.05) is 25.9 Å². The quantitative estimate of drug-likeness (QED) is 0.761. The molecule has 0 aromatic carbocycles. The van der Waals surface area contributed by atoms with Crippen molar-refractivity contribution in [1.82, 2.24) is 9.97 Å². The number of rotatable bonds is 7. The maximum Gasteiger partial charge on any atom is 0.224 e. The second-order valence-corrected chi connectivity index (χ2v) is 4.05. The molecule has 1 heterocycles. The first-order chi connectivity index (χ1) is 8.19. The highest BCUT2D eigenvalue weighted by Crippen LogP contribution is 2.12. The number of aromatic nitrogens is 2. The molecule has 0 saturated carbocycles. The van der Waals surface area contributed by atoms with Gasteiger partial charge in [-0.15, -0.1) is 0 Å². The molecule has 0 aliphatic heterocycles. The molecule has 2 N–H and O–H groups in total. The second kappa shape index (κ2) is 7.06. The number of nitrogens with one attached hydrogen (secondary N) is 2. The van der Waals surface area contributed by atoms with Gasteiger partial charge < -0.3 is 15.4 Å². The summed E-state index contributed by atoms with van der Waals surface area (Å²) in [5, 5.41) is 6.33. The zero-order valence-electron chi connectivity index (χ0n) is 11.1. The molecule has 96 valence electrons. The van der Waals surface area contributed by atoms with Crippen molar-refractivity contribution in [1.29, 1.82) is 0 Å². The molecule has 1 unspecified atom stereocenters. The van der Waals surface area contributed by atoms with Crippen LogP contribution >= 0.6 is 0 Å². The Labute approximate surface area is 103 Å². The van der Waals surface area contributed by atoms with Crippen molar-refractivity contribution in [3.63, 3.8) is 0 Å². The first-order valence-electron chi connectivity index (χ1n) is 5.98. The first-order valence-corrected chi connectivity index (χ1v) is 5.98. The summed E-state index contributed by atoms with van der Waals surface area (Å²) >= 11 is 0. The molecule has 0 amide bonds. The molecule has 1 atom stereocenters. The second-order valence-electron chi connectivity index (χ2n) is 4.05. The van der Waals surface area contributed by atoms with Crippen LogP contribution in [0.25, 0.3) is 0 Å². The predicted octanol–water partition coefficient (Wildman–Crippen LogP) is 2.05. The largest absolute Gasteiger partial charge is 0.383 e. The zero-order valence-corrected chi connectivity index (χ0v) is 11.1. The number of nitrogens with zero attached hydrogens (tertiary/aromatic N) is 2. The Morgan fingerprint density at radius 1 is 1.41 bits per heavy atom. The molecule has 17 heavy (non-hydrogen) atoms. The molecule has 0 spiro atoms. The summed E-state index contributed by atoms with van der Waals surface area (Å²) < 4.78 is 5.19. The van der Waals surface area contributed by atoms with E-state index in [9.17, 15) is 0 Å². The fourth-order valence-electron chi connectivity index (χ4n) is 1.71. The van der Waals surface area contributed by atoms with Crippen molar-refractivity contribution < 1.29 is 4.74 Å². The third-order valence-corrected chi connectivity index (χ3v) is 2.43. The number of ether oxygens (including phenoxy) is 1. The number of hydrogen-bond acceptors (Lipinski definition) is 5. The van der Waals surface area contributed by atoms with E-state index in [0.29, 0.717) is 18.6 Å². The highest BCUT2D eigenvalue weighted by molar-refractivity contribution is 5.42. The standard InChI is InChI=1S/C12H22N4O/c1-5-6-10(8-17-4)15-11-7-9(2)14-12(13-3)16-11/h7,10H,5-6,8H2,1-4H3,(H2,13,14,15,16). The van der Waals surface area contributed by atoms with E-state index in [0.717, 1.165) is 24.4 Å². The van der Waals surface area contributed by atoms with Crippen LogP contribution in [0.1, 0.15) is 25.5 Å². The van der Waals surface area contributed by atoms with Gasteiger partial charge in [-0.05, 0) is 13.3 Å². The molecule has 0 saturated heterocycles. The van der Waals surface area contributed by atoms with Crippen LogP contribution in [0.3, 0.4) is 0 Å². The zero-order chi connectivity index (χ0) is 12.7. The Bertz CT molecular complexity index is 337. The van der Waals surface area contributed by atoms with Crippen molar-refractivity contribution in [3.8, 4) is 0 Å². The van der Waals surface area contributed by atoms with Gasteiger partial charge in [0.05, 0.1) is 12.6 Å². The predicted molar refractivity (Wildman–Crippen MR) is 70.5 cm³/mol. The third-order valence-electron chi connectivity index (χ3n) is 2.43. The Kier molecular flexibility index (Phi) is 5.69. The van der Waals surface area contributed by atoms with Crippen LogP contribution in [0.15, 0.2) is 6.07 Å². The van der Waals surface area contributed by atoms with Crippen LogP contribution in [0.2, 0.25) is 0 Å². The summed E-state index contributed by atoms with van der Waals surface area (Å²) in [6, 6.07) is 2.24. The van der Waals surface area contributed by atoms with E-state index in [4.69, 9.17) is 4.74 Å². The monoisotopic (exact) mass is 238 g/mol. The number of hydrogen-bond donors (Lipinski definition) is 2. The SMILES string of the molecule is CCCC(COC)Nc1cc(C)nc(NC)n1. The van der Waals surface area contributed by atoms with Crippen molar-refractivity contribution in [2.24, 2.45) is 0 Å². The van der Waals surface area contributed by atoms with Gasteiger partial charge in [-0.1, -0.05) is 13.3 Å². The van der Waals surface area contributed by atoms with Crippen LogP contribution in [-0.4, -0.2) is 36.8 Å². The summed E-state index contributed by atoms with van der Waals surface area (Å²) in [5.41, 5.74) is 0.944. The number of methoxy groups -OCH3 is 1. The molecule has 1 aromatic rings. The summed E-state index contributed by atoms with van der Waals surface area (Å²) in [4.78, 5) is 8.63. The molecule has 5 heteroatoms. The van der Waals surface area contributed by atoms with Crippen molar-refractivity contribution in [2.75, 3.05) is 31.4 Å². The smallest absolute Gasteiger partial charge is 0.224 e. The summed E-state index contributed by atoms with van der Waals surface area (Å²) in [5.74, 6) is 1.48. The lowest BCUT2D eigenvalue weighted by Gasteiger charge is -2.18. The van der Waals surface area contributed by atoms with Gasteiger partial charge >= 0.3 is 0 Å². The number of aryl methyl sites for hydroxylation is 1. The van der Waals surface area contributed by atoms with E-state index in [1.807, 2.05) is 20.0 Å². The normalized spacial score (nSPS) is 12.2. The first kappa shape index (κ1) is 13.7. The molecular formula is C12H22N4O. The average Bonchev–Trinajstić information content (AvgIpc) is 2.29. The lowest BCUT2D eigenvalue weighted by atomic mass is 10.2. The Balaban J connectivity index is 2.73. The van der Waals surface area contributed by atoms with Crippen LogP contribution in [-0.2, 0) is 4.74 Å². The van der Waals surface area contributed by atoms with E-state index in [-0.39, 0.29) is 0 Å². The minimum absolute atomic E-state index is 0.295. The molecular weight excluding hydrogens is 216 g/mol. The van der Waals surface area contributed by atoms with Gasteiger partial charge in [0.1, 0.15) is 5.82 Å². The molecule has 1 aromatic heterocycles. The highest BCUT2D eigenvalue weighted by Gasteiger charge is 2.09. The third kappa shape index (κ3) is 4.56. The Morgan fingerprint density at radius 3 is 2.76 bits per heavy atom. The highest BCUT2D eigenvalue weighted by atomic mass is 16.5. The van der Waals surface area contributed by atoms with E-state index in [2.05, 4.69) is 27.5 Å². The minimum atomic E-state index is 0.295. The lowest BCUT2D eigenvalue weighted by Crippen LogP contribution is -2.25. The van der Waals surface area contributed by atoms with Gasteiger partial charge in [0.2, 0.25) is 5.95 Å². The topological polar surface area (TPSA) is 59.1 Å². The van der Waals surface area contributed by atoms with Crippen LogP contribution in [0.4, 0.5) is 11.8 Å². The van der Waals surface area contributed by atoms with Gasteiger partial charge in [-0.25, -0.2) is 4.98 Å². The number of anilines is 2. The van der Waals surface area contributed by atoms with E-state index < -0.39 is 0 Å². The average molecular weight is 238 g/mol. The molecule has 0 aliphatic carbocycles. The summed E-state index contributed by atoms with van der Waals surface area (Å²) in [6.45, 7) is 4.80. The van der Waals surface area contributed by atoms with Gasteiger partial charge in [0.15, 0.2) is 0 Å². The summed E-state index contributed by atoms with van der Waals surface area (Å²) in [7, 11) is 3.53. The van der Waals surface area contributed by atoms with Crippen LogP contribution in [0.5, 0.6) is 0 Å². The summed E-state index contributed by atoms with van der Waals surface area (Å²) in [6.07, 6.45) is 2.18.